The van der Waals surface area contributed by atoms with E-state index in [-0.39, 0.29) is 5.69 Å². The van der Waals surface area contributed by atoms with Gasteiger partial charge in [0.25, 0.3) is 0 Å². The molecule has 5 heteroatoms. The minimum atomic E-state index is -0.616. The minimum Gasteiger partial charge on any atom is -0.310 e. The van der Waals surface area contributed by atoms with Gasteiger partial charge >= 0.3 is 0 Å². The number of aromatic nitrogens is 2. The van der Waals surface area contributed by atoms with Gasteiger partial charge in [-0.05, 0) is 19.1 Å². The molecule has 0 bridgehead atoms. The summed E-state index contributed by atoms with van der Waals surface area (Å²) in [6.45, 7) is 6.65. The van der Waals surface area contributed by atoms with E-state index < -0.39 is 11.6 Å². The van der Waals surface area contributed by atoms with E-state index in [0.29, 0.717) is 12.6 Å². The second-order valence-electron chi connectivity index (χ2n) is 4.80. The zero-order valence-corrected chi connectivity index (χ0v) is 11.2. The molecule has 0 fully saturated rings. The Morgan fingerprint density at radius 3 is 2.68 bits per heavy atom. The fraction of sp³-hybridized carbons (Fsp3) is 0.357. The smallest absolute Gasteiger partial charge is 0.151 e. The molecule has 1 heterocycles. The van der Waals surface area contributed by atoms with Crippen LogP contribution in [0.15, 0.2) is 24.4 Å². The highest BCUT2D eigenvalue weighted by atomic mass is 19.1. The van der Waals surface area contributed by atoms with Gasteiger partial charge in [-0.3, -0.25) is 0 Å². The lowest BCUT2D eigenvalue weighted by Gasteiger charge is -2.09. The Morgan fingerprint density at radius 1 is 1.32 bits per heavy atom. The van der Waals surface area contributed by atoms with E-state index in [0.717, 1.165) is 17.3 Å². The highest BCUT2D eigenvalue weighted by Crippen LogP contribution is 2.18. The molecule has 1 N–H and O–H groups in total. The number of halogens is 2. The average Bonchev–Trinajstić information content (AvgIpc) is 2.68. The van der Waals surface area contributed by atoms with Gasteiger partial charge in [-0.2, -0.15) is 5.10 Å². The predicted molar refractivity (Wildman–Crippen MR) is 70.2 cm³/mol. The average molecular weight is 265 g/mol. The van der Waals surface area contributed by atoms with Crippen LogP contribution in [0.25, 0.3) is 5.69 Å². The van der Waals surface area contributed by atoms with Gasteiger partial charge in [-0.1, -0.05) is 13.8 Å². The second kappa shape index (κ2) is 5.48. The van der Waals surface area contributed by atoms with Crippen LogP contribution in [-0.4, -0.2) is 15.8 Å². The minimum absolute atomic E-state index is 0.259. The molecular weight excluding hydrogens is 248 g/mol. The van der Waals surface area contributed by atoms with Crippen LogP contribution in [0.4, 0.5) is 8.78 Å². The van der Waals surface area contributed by atoms with Crippen LogP contribution in [0.1, 0.15) is 25.1 Å². The molecule has 1 aromatic heterocycles. The van der Waals surface area contributed by atoms with Crippen LogP contribution in [-0.2, 0) is 6.54 Å². The summed E-state index contributed by atoms with van der Waals surface area (Å²) in [4.78, 5) is 0. The number of hydrogen-bond acceptors (Lipinski definition) is 2. The van der Waals surface area contributed by atoms with Gasteiger partial charge in [0.1, 0.15) is 11.5 Å². The zero-order chi connectivity index (χ0) is 14.0. The van der Waals surface area contributed by atoms with E-state index in [1.165, 1.54) is 16.8 Å². The Labute approximate surface area is 111 Å². The van der Waals surface area contributed by atoms with Crippen molar-refractivity contribution in [1.29, 1.82) is 0 Å². The monoisotopic (exact) mass is 265 g/mol. The lowest BCUT2D eigenvalue weighted by molar-refractivity contribution is 0.571. The molecule has 2 rings (SSSR count). The lowest BCUT2D eigenvalue weighted by Crippen LogP contribution is -2.22. The topological polar surface area (TPSA) is 29.9 Å². The summed E-state index contributed by atoms with van der Waals surface area (Å²) in [5.74, 6) is -1.21. The van der Waals surface area contributed by atoms with Gasteiger partial charge in [-0.15, -0.1) is 0 Å². The number of rotatable bonds is 4. The molecule has 0 aliphatic rings. The van der Waals surface area contributed by atoms with Crippen molar-refractivity contribution in [3.05, 3.63) is 47.3 Å². The van der Waals surface area contributed by atoms with Crippen molar-refractivity contribution in [3.63, 3.8) is 0 Å². The van der Waals surface area contributed by atoms with Crippen molar-refractivity contribution in [3.8, 4) is 5.69 Å². The first-order valence-electron chi connectivity index (χ1n) is 6.21. The molecule has 0 radical (unpaired) electrons. The molecule has 0 unspecified atom stereocenters. The van der Waals surface area contributed by atoms with Crippen LogP contribution in [0, 0.1) is 18.6 Å². The molecule has 0 saturated carbocycles. The number of nitrogens with zero attached hydrogens (tertiary/aromatic N) is 2. The van der Waals surface area contributed by atoms with Crippen molar-refractivity contribution >= 4 is 0 Å². The third-order valence-electron chi connectivity index (χ3n) is 2.95. The molecular formula is C14H17F2N3. The molecule has 0 amide bonds. The van der Waals surface area contributed by atoms with E-state index in [1.54, 1.807) is 6.20 Å². The van der Waals surface area contributed by atoms with Crippen molar-refractivity contribution in [2.45, 2.75) is 33.4 Å². The third kappa shape index (κ3) is 2.98. The number of benzene rings is 1. The fourth-order valence-electron chi connectivity index (χ4n) is 1.83. The molecule has 1 aromatic carbocycles. The highest BCUT2D eigenvalue weighted by Gasteiger charge is 2.12. The van der Waals surface area contributed by atoms with Crippen LogP contribution >= 0.6 is 0 Å². The Morgan fingerprint density at radius 2 is 2.05 bits per heavy atom. The Hall–Kier alpha value is -1.75. The van der Waals surface area contributed by atoms with Gasteiger partial charge in [0.05, 0.1) is 6.20 Å². The second-order valence-corrected chi connectivity index (χ2v) is 4.80. The standard InChI is InChI=1S/C14H17F2N3/c1-9(2)17-7-11-8-18-19(10(11)3)14-5-4-12(15)6-13(14)16/h4-6,8-9,17H,7H2,1-3H3. The van der Waals surface area contributed by atoms with Gasteiger partial charge in [0.15, 0.2) is 5.82 Å². The molecule has 19 heavy (non-hydrogen) atoms. The Bertz CT molecular complexity index is 576. The largest absolute Gasteiger partial charge is 0.310 e. The molecule has 102 valence electrons. The molecule has 2 aromatic rings. The first-order valence-corrected chi connectivity index (χ1v) is 6.21. The van der Waals surface area contributed by atoms with Crippen LogP contribution < -0.4 is 5.32 Å². The summed E-state index contributed by atoms with van der Waals surface area (Å²) in [5.41, 5.74) is 2.10. The molecule has 0 spiro atoms. The maximum atomic E-state index is 13.7. The third-order valence-corrected chi connectivity index (χ3v) is 2.95. The fourth-order valence-corrected chi connectivity index (χ4v) is 1.83. The summed E-state index contributed by atoms with van der Waals surface area (Å²) in [6, 6.07) is 3.85. The van der Waals surface area contributed by atoms with Crippen LogP contribution in [0.3, 0.4) is 0 Å². The molecule has 0 saturated heterocycles. The molecule has 0 aliphatic carbocycles. The lowest BCUT2D eigenvalue weighted by atomic mass is 10.2. The summed E-state index contributed by atoms with van der Waals surface area (Å²) in [6.07, 6.45) is 1.70. The maximum Gasteiger partial charge on any atom is 0.151 e. The highest BCUT2D eigenvalue weighted by molar-refractivity contribution is 5.36. The quantitative estimate of drug-likeness (QED) is 0.921. The van der Waals surface area contributed by atoms with Gasteiger partial charge in [-0.25, -0.2) is 13.5 Å². The zero-order valence-electron chi connectivity index (χ0n) is 11.2. The first kappa shape index (κ1) is 13.7. The molecule has 0 atom stereocenters. The van der Waals surface area contributed by atoms with Gasteiger partial charge in [0.2, 0.25) is 0 Å². The van der Waals surface area contributed by atoms with Crippen LogP contribution in [0.2, 0.25) is 0 Å². The summed E-state index contributed by atoms with van der Waals surface area (Å²) in [5, 5.41) is 7.45. The van der Waals surface area contributed by atoms with Crippen molar-refractivity contribution < 1.29 is 8.78 Å². The summed E-state index contributed by atoms with van der Waals surface area (Å²) >= 11 is 0. The Kier molecular flexibility index (Phi) is 3.95. The van der Waals surface area contributed by atoms with E-state index in [4.69, 9.17) is 0 Å². The van der Waals surface area contributed by atoms with E-state index in [2.05, 4.69) is 24.3 Å². The normalized spacial score (nSPS) is 11.3. The first-order chi connectivity index (χ1) is 8.99. The predicted octanol–water partition coefficient (Wildman–Crippen LogP) is 2.96. The number of nitrogens with one attached hydrogen (secondary N) is 1. The van der Waals surface area contributed by atoms with Crippen molar-refractivity contribution in [1.82, 2.24) is 15.1 Å². The van der Waals surface area contributed by atoms with E-state index in [1.807, 2.05) is 6.92 Å². The van der Waals surface area contributed by atoms with Crippen molar-refractivity contribution in [2.24, 2.45) is 0 Å². The maximum absolute atomic E-state index is 13.7. The number of hydrogen-bond donors (Lipinski definition) is 1. The van der Waals surface area contributed by atoms with Crippen LogP contribution in [0.5, 0.6) is 0 Å². The Balaban J connectivity index is 2.31. The van der Waals surface area contributed by atoms with Crippen molar-refractivity contribution in [2.75, 3.05) is 0 Å². The van der Waals surface area contributed by atoms with E-state index in [9.17, 15) is 8.78 Å². The molecule has 0 aliphatic heterocycles. The van der Waals surface area contributed by atoms with Gasteiger partial charge in [0, 0.05) is 29.9 Å². The summed E-state index contributed by atoms with van der Waals surface area (Å²) < 4.78 is 28.1. The summed E-state index contributed by atoms with van der Waals surface area (Å²) in [7, 11) is 0. The molecule has 3 nitrogen and oxygen atoms in total. The van der Waals surface area contributed by atoms with E-state index >= 15 is 0 Å². The SMILES string of the molecule is Cc1c(CNC(C)C)cnn1-c1ccc(F)cc1F. The van der Waals surface area contributed by atoms with Gasteiger partial charge < -0.3 is 5.32 Å².